The molecule has 0 aliphatic carbocycles. The van der Waals surface area contributed by atoms with Gasteiger partial charge in [0, 0.05) is 6.42 Å². The third kappa shape index (κ3) is 4.81. The van der Waals surface area contributed by atoms with Crippen molar-refractivity contribution >= 4 is 28.7 Å². The van der Waals surface area contributed by atoms with Crippen LogP contribution in [-0.2, 0) is 0 Å². The van der Waals surface area contributed by atoms with E-state index >= 15 is 0 Å². The third-order valence-corrected chi connectivity index (χ3v) is 4.22. The highest BCUT2D eigenvalue weighted by atomic mass is 35.5. The molecule has 0 amide bonds. The summed E-state index contributed by atoms with van der Waals surface area (Å²) in [5.74, 6) is 0.644. The van der Waals surface area contributed by atoms with Crippen molar-refractivity contribution < 1.29 is 4.79 Å². The predicted molar refractivity (Wildman–Crippen MR) is 76.2 cm³/mol. The zero-order chi connectivity index (χ0) is 13.2. The van der Waals surface area contributed by atoms with E-state index in [1.165, 1.54) is 11.3 Å². The van der Waals surface area contributed by atoms with Gasteiger partial charge in [-0.2, -0.15) is 0 Å². The van der Waals surface area contributed by atoms with Crippen LogP contribution in [0.5, 0.6) is 0 Å². The fourth-order valence-corrected chi connectivity index (χ4v) is 3.28. The molecule has 1 aromatic heterocycles. The maximum atomic E-state index is 12.1. The quantitative estimate of drug-likeness (QED) is 0.675. The van der Waals surface area contributed by atoms with Crippen LogP contribution in [0.25, 0.3) is 0 Å². The highest BCUT2D eigenvalue weighted by Gasteiger charge is 2.19. The van der Waals surface area contributed by atoms with Crippen LogP contribution in [0.1, 0.15) is 55.8 Å². The molecule has 0 aromatic carbocycles. The van der Waals surface area contributed by atoms with Gasteiger partial charge in [0.15, 0.2) is 5.78 Å². The van der Waals surface area contributed by atoms with Gasteiger partial charge in [0.2, 0.25) is 0 Å². The number of aryl methyl sites for hydroxylation is 1. The zero-order valence-electron chi connectivity index (χ0n) is 11.3. The fraction of sp³-hybridized carbons (Fsp3) is 0.643. The third-order valence-electron chi connectivity index (χ3n) is 2.63. The van der Waals surface area contributed by atoms with Gasteiger partial charge in [-0.15, -0.1) is 11.3 Å². The van der Waals surface area contributed by atoms with Crippen molar-refractivity contribution in [1.29, 1.82) is 0 Å². The van der Waals surface area contributed by atoms with Crippen molar-refractivity contribution in [3.8, 4) is 0 Å². The average molecular weight is 273 g/mol. The summed E-state index contributed by atoms with van der Waals surface area (Å²) >= 11 is 7.38. The van der Waals surface area contributed by atoms with Crippen molar-refractivity contribution in [3.63, 3.8) is 0 Å². The Morgan fingerprint density at radius 2 is 2.06 bits per heavy atom. The minimum absolute atomic E-state index is 0.224. The van der Waals surface area contributed by atoms with Crippen LogP contribution in [0.3, 0.4) is 0 Å². The smallest absolute Gasteiger partial charge is 0.173 e. The summed E-state index contributed by atoms with van der Waals surface area (Å²) in [5, 5.41) is 0. The van der Waals surface area contributed by atoms with E-state index in [1.807, 2.05) is 13.0 Å². The summed E-state index contributed by atoms with van der Waals surface area (Å²) in [6, 6.07) is 1.90. The molecule has 0 saturated carbocycles. The first-order valence-electron chi connectivity index (χ1n) is 5.98. The number of hydrogen-bond acceptors (Lipinski definition) is 2. The number of rotatable bonds is 4. The van der Waals surface area contributed by atoms with Crippen molar-refractivity contribution in [2.75, 3.05) is 0 Å². The fourth-order valence-electron chi connectivity index (χ4n) is 2.13. The van der Waals surface area contributed by atoms with E-state index in [9.17, 15) is 4.79 Å². The summed E-state index contributed by atoms with van der Waals surface area (Å²) in [4.78, 5) is 12.9. The molecule has 1 atom stereocenters. The van der Waals surface area contributed by atoms with E-state index in [-0.39, 0.29) is 11.2 Å². The molecular weight excluding hydrogens is 252 g/mol. The lowest BCUT2D eigenvalue weighted by Gasteiger charge is -2.22. The van der Waals surface area contributed by atoms with Crippen LogP contribution < -0.4 is 0 Å². The number of carbonyl (C=O) groups excluding carboxylic acids is 1. The second kappa shape index (κ2) is 5.53. The van der Waals surface area contributed by atoms with Gasteiger partial charge in [0.25, 0.3) is 0 Å². The Kier molecular flexibility index (Phi) is 4.79. The lowest BCUT2D eigenvalue weighted by atomic mass is 9.83. The molecule has 1 unspecified atom stereocenters. The summed E-state index contributed by atoms with van der Waals surface area (Å²) < 4.78 is 0.733. The van der Waals surface area contributed by atoms with Crippen LogP contribution >= 0.6 is 22.9 Å². The van der Waals surface area contributed by atoms with Crippen molar-refractivity contribution in [3.05, 3.63) is 20.8 Å². The summed E-state index contributed by atoms with van der Waals surface area (Å²) in [7, 11) is 0. The van der Waals surface area contributed by atoms with Gasteiger partial charge in [0.05, 0.1) is 9.21 Å². The second-order valence-electron chi connectivity index (χ2n) is 6.06. The molecule has 3 heteroatoms. The Hall–Kier alpha value is -0.340. The highest BCUT2D eigenvalue weighted by Crippen LogP contribution is 2.30. The number of Topliss-reactive ketones (excluding diaryl/α,β-unsaturated/α-hetero) is 1. The standard InChI is InChI=1S/C14H21ClOS/c1-9(8-14(3,4)5)6-11(16)12-7-10(2)13(15)17-12/h7,9H,6,8H2,1-5H3. The van der Waals surface area contributed by atoms with E-state index in [0.29, 0.717) is 12.3 Å². The lowest BCUT2D eigenvalue weighted by molar-refractivity contribution is 0.0958. The Balaban J connectivity index is 2.61. The molecule has 0 fully saturated rings. The van der Waals surface area contributed by atoms with E-state index in [0.717, 1.165) is 21.2 Å². The second-order valence-corrected chi connectivity index (χ2v) is 7.72. The average Bonchev–Trinajstić information content (AvgIpc) is 2.43. The number of ketones is 1. The first-order chi connectivity index (χ1) is 7.69. The maximum absolute atomic E-state index is 12.1. The monoisotopic (exact) mass is 272 g/mol. The number of carbonyl (C=O) groups is 1. The minimum atomic E-state index is 0.224. The van der Waals surface area contributed by atoms with Gasteiger partial charge >= 0.3 is 0 Å². The summed E-state index contributed by atoms with van der Waals surface area (Å²) in [6.45, 7) is 10.7. The van der Waals surface area contributed by atoms with E-state index in [1.54, 1.807) is 0 Å². The number of hydrogen-bond donors (Lipinski definition) is 0. The minimum Gasteiger partial charge on any atom is -0.293 e. The van der Waals surface area contributed by atoms with E-state index < -0.39 is 0 Å². The van der Waals surface area contributed by atoms with Gasteiger partial charge < -0.3 is 0 Å². The molecule has 0 aliphatic rings. The molecule has 0 radical (unpaired) electrons. The van der Waals surface area contributed by atoms with E-state index in [4.69, 9.17) is 11.6 Å². The molecule has 0 saturated heterocycles. The maximum Gasteiger partial charge on any atom is 0.173 e. The lowest BCUT2D eigenvalue weighted by Crippen LogP contribution is -2.14. The van der Waals surface area contributed by atoms with E-state index in [2.05, 4.69) is 27.7 Å². The molecule has 0 spiro atoms. The molecule has 0 N–H and O–H groups in total. The molecular formula is C14H21ClOS. The van der Waals surface area contributed by atoms with Crippen LogP contribution in [0, 0.1) is 18.3 Å². The molecule has 1 aromatic rings. The molecule has 0 bridgehead atoms. The van der Waals surface area contributed by atoms with Gasteiger partial charge in [0.1, 0.15) is 0 Å². The molecule has 1 nitrogen and oxygen atoms in total. The molecule has 17 heavy (non-hydrogen) atoms. The number of halogens is 1. The van der Waals surface area contributed by atoms with Gasteiger partial charge in [-0.1, -0.05) is 39.3 Å². The van der Waals surface area contributed by atoms with Gasteiger partial charge in [-0.05, 0) is 36.3 Å². The molecule has 96 valence electrons. The van der Waals surface area contributed by atoms with Crippen LogP contribution in [0.2, 0.25) is 4.34 Å². The van der Waals surface area contributed by atoms with Crippen LogP contribution in [0.15, 0.2) is 6.07 Å². The van der Waals surface area contributed by atoms with Crippen molar-refractivity contribution in [1.82, 2.24) is 0 Å². The van der Waals surface area contributed by atoms with Crippen LogP contribution in [-0.4, -0.2) is 5.78 Å². The largest absolute Gasteiger partial charge is 0.293 e. The molecule has 1 heterocycles. The van der Waals surface area contributed by atoms with Gasteiger partial charge in [-0.25, -0.2) is 0 Å². The summed E-state index contributed by atoms with van der Waals surface area (Å²) in [5.41, 5.74) is 1.28. The van der Waals surface area contributed by atoms with Crippen LogP contribution in [0.4, 0.5) is 0 Å². The first kappa shape index (κ1) is 14.7. The van der Waals surface area contributed by atoms with Gasteiger partial charge in [-0.3, -0.25) is 4.79 Å². The zero-order valence-corrected chi connectivity index (χ0v) is 12.8. The Morgan fingerprint density at radius 1 is 1.47 bits per heavy atom. The Morgan fingerprint density at radius 3 is 2.47 bits per heavy atom. The number of thiophene rings is 1. The first-order valence-corrected chi connectivity index (χ1v) is 7.17. The Labute approximate surface area is 113 Å². The highest BCUT2D eigenvalue weighted by molar-refractivity contribution is 7.18. The van der Waals surface area contributed by atoms with Crippen molar-refractivity contribution in [2.24, 2.45) is 11.3 Å². The predicted octanol–water partition coefficient (Wildman–Crippen LogP) is 5.36. The summed E-state index contributed by atoms with van der Waals surface area (Å²) in [6.07, 6.45) is 1.68. The Bertz CT molecular complexity index is 381. The van der Waals surface area contributed by atoms with Crippen molar-refractivity contribution in [2.45, 2.75) is 47.5 Å². The topological polar surface area (TPSA) is 17.1 Å². The SMILES string of the molecule is Cc1cc(C(=O)CC(C)CC(C)(C)C)sc1Cl. The normalized spacial score (nSPS) is 13.8. The molecule has 0 aliphatic heterocycles. The molecule has 1 rings (SSSR count).